The summed E-state index contributed by atoms with van der Waals surface area (Å²) in [4.78, 5) is 26.4. The van der Waals surface area contributed by atoms with Crippen molar-refractivity contribution in [1.82, 2.24) is 4.90 Å². The van der Waals surface area contributed by atoms with E-state index in [4.69, 9.17) is 17.0 Å². The fraction of sp³-hybridized carbons (Fsp3) is 0.227. The summed E-state index contributed by atoms with van der Waals surface area (Å²) in [6.45, 7) is 6.38. The first-order valence-electron chi connectivity index (χ1n) is 8.79. The molecule has 6 heteroatoms. The Bertz CT molecular complexity index is 955. The molecule has 4 nitrogen and oxygen atoms in total. The van der Waals surface area contributed by atoms with Crippen molar-refractivity contribution in [1.29, 1.82) is 0 Å². The standard InChI is InChI=1S/C22H21NO3S2/c1-22(2,3)16-9-7-15(8-10-16)20(25)26-17-11-5-14(6-12-17)13-18-19(24)23(4)21(27)28-18/h5-13H,1-4H3. The second kappa shape index (κ2) is 7.89. The van der Waals surface area contributed by atoms with Crippen LogP contribution in [0.25, 0.3) is 6.08 Å². The second-order valence-corrected chi connectivity index (χ2v) is 9.20. The van der Waals surface area contributed by atoms with E-state index in [1.54, 1.807) is 49.5 Å². The average molecular weight is 412 g/mol. The van der Waals surface area contributed by atoms with Crippen LogP contribution in [0.3, 0.4) is 0 Å². The Balaban J connectivity index is 1.68. The maximum atomic E-state index is 12.4. The number of esters is 1. The minimum Gasteiger partial charge on any atom is -0.423 e. The van der Waals surface area contributed by atoms with Crippen LogP contribution in [-0.2, 0) is 10.2 Å². The van der Waals surface area contributed by atoms with Crippen molar-refractivity contribution >= 4 is 46.3 Å². The monoisotopic (exact) mass is 411 g/mol. The van der Waals surface area contributed by atoms with Crippen molar-refractivity contribution in [3.05, 3.63) is 70.1 Å². The van der Waals surface area contributed by atoms with Gasteiger partial charge in [-0.3, -0.25) is 9.69 Å². The molecule has 28 heavy (non-hydrogen) atoms. The Morgan fingerprint density at radius 2 is 1.68 bits per heavy atom. The first-order valence-corrected chi connectivity index (χ1v) is 10.0. The molecule has 0 aliphatic carbocycles. The Labute approximate surface area is 174 Å². The quantitative estimate of drug-likeness (QED) is 0.307. The largest absolute Gasteiger partial charge is 0.423 e. The highest BCUT2D eigenvalue weighted by molar-refractivity contribution is 8.26. The van der Waals surface area contributed by atoms with Gasteiger partial charge in [-0.15, -0.1) is 0 Å². The maximum Gasteiger partial charge on any atom is 0.343 e. The molecule has 0 bridgehead atoms. The van der Waals surface area contributed by atoms with E-state index in [9.17, 15) is 9.59 Å². The molecule has 1 fully saturated rings. The van der Waals surface area contributed by atoms with Crippen LogP contribution in [0, 0.1) is 0 Å². The molecule has 0 spiro atoms. The average Bonchev–Trinajstić information content (AvgIpc) is 2.89. The fourth-order valence-electron chi connectivity index (χ4n) is 2.60. The van der Waals surface area contributed by atoms with Crippen LogP contribution in [0.15, 0.2) is 53.4 Å². The number of thioether (sulfide) groups is 1. The molecule has 1 heterocycles. The Kier molecular flexibility index (Phi) is 5.72. The van der Waals surface area contributed by atoms with Crippen molar-refractivity contribution in [3.63, 3.8) is 0 Å². The van der Waals surface area contributed by atoms with E-state index in [1.807, 2.05) is 12.1 Å². The first kappa shape index (κ1) is 20.3. The van der Waals surface area contributed by atoms with Crippen molar-refractivity contribution < 1.29 is 14.3 Å². The van der Waals surface area contributed by atoms with E-state index in [0.29, 0.717) is 20.5 Å². The molecule has 1 aliphatic rings. The molecule has 1 aliphatic heterocycles. The SMILES string of the molecule is CN1C(=O)C(=Cc2ccc(OC(=O)c3ccc(C(C)(C)C)cc3)cc2)SC1=S. The van der Waals surface area contributed by atoms with Crippen molar-refractivity contribution in [3.8, 4) is 5.75 Å². The van der Waals surface area contributed by atoms with Crippen molar-refractivity contribution in [2.75, 3.05) is 7.05 Å². The van der Waals surface area contributed by atoms with Gasteiger partial charge in [0.15, 0.2) is 0 Å². The number of amides is 1. The molecular formula is C22H21NO3S2. The summed E-state index contributed by atoms with van der Waals surface area (Å²) >= 11 is 6.40. The zero-order chi connectivity index (χ0) is 20.5. The zero-order valence-corrected chi connectivity index (χ0v) is 17.8. The van der Waals surface area contributed by atoms with Gasteiger partial charge < -0.3 is 4.74 Å². The molecule has 1 amide bonds. The van der Waals surface area contributed by atoms with E-state index in [1.165, 1.54) is 16.7 Å². The number of carbonyl (C=O) groups is 2. The number of thiocarbonyl (C=S) groups is 1. The summed E-state index contributed by atoms with van der Waals surface area (Å²) in [5.41, 5.74) is 2.53. The van der Waals surface area contributed by atoms with Crippen LogP contribution in [0.4, 0.5) is 0 Å². The molecule has 0 unspecified atom stereocenters. The lowest BCUT2D eigenvalue weighted by Crippen LogP contribution is -2.22. The Morgan fingerprint density at radius 1 is 1.07 bits per heavy atom. The second-order valence-electron chi connectivity index (χ2n) is 7.53. The lowest BCUT2D eigenvalue weighted by Gasteiger charge is -2.18. The topological polar surface area (TPSA) is 46.6 Å². The van der Waals surface area contributed by atoms with Gasteiger partial charge in [0, 0.05) is 7.05 Å². The maximum absolute atomic E-state index is 12.4. The van der Waals surface area contributed by atoms with E-state index >= 15 is 0 Å². The molecule has 0 N–H and O–H groups in total. The van der Waals surface area contributed by atoms with Gasteiger partial charge in [0.1, 0.15) is 10.1 Å². The summed E-state index contributed by atoms with van der Waals surface area (Å²) < 4.78 is 5.99. The molecule has 1 saturated heterocycles. The predicted octanol–water partition coefficient (Wildman–Crippen LogP) is 5.03. The highest BCUT2D eigenvalue weighted by Crippen LogP contribution is 2.31. The molecule has 0 atom stereocenters. The molecule has 0 aromatic heterocycles. The van der Waals surface area contributed by atoms with Crippen molar-refractivity contribution in [2.45, 2.75) is 26.2 Å². The van der Waals surface area contributed by atoms with E-state index in [-0.39, 0.29) is 11.3 Å². The van der Waals surface area contributed by atoms with Crippen LogP contribution in [-0.4, -0.2) is 28.1 Å². The first-order chi connectivity index (χ1) is 13.1. The van der Waals surface area contributed by atoms with Gasteiger partial charge in [-0.05, 0) is 46.9 Å². The van der Waals surface area contributed by atoms with Gasteiger partial charge in [-0.1, -0.05) is 69.0 Å². The fourth-order valence-corrected chi connectivity index (χ4v) is 3.78. The van der Waals surface area contributed by atoms with Gasteiger partial charge in [-0.25, -0.2) is 4.79 Å². The lowest BCUT2D eigenvalue weighted by molar-refractivity contribution is -0.121. The summed E-state index contributed by atoms with van der Waals surface area (Å²) in [5, 5.41) is 0. The molecule has 3 rings (SSSR count). The third-order valence-electron chi connectivity index (χ3n) is 4.36. The number of ether oxygens (including phenoxy) is 1. The molecule has 144 valence electrons. The van der Waals surface area contributed by atoms with E-state index < -0.39 is 5.97 Å². The number of nitrogens with zero attached hydrogens (tertiary/aromatic N) is 1. The third kappa shape index (κ3) is 4.51. The van der Waals surface area contributed by atoms with E-state index in [0.717, 1.165) is 11.1 Å². The van der Waals surface area contributed by atoms with Gasteiger partial charge >= 0.3 is 5.97 Å². The number of rotatable bonds is 3. The smallest absolute Gasteiger partial charge is 0.343 e. The molecule has 2 aromatic carbocycles. The van der Waals surface area contributed by atoms with Crippen molar-refractivity contribution in [2.24, 2.45) is 0 Å². The summed E-state index contributed by atoms with van der Waals surface area (Å²) in [5.74, 6) is -0.0608. The molecule has 0 radical (unpaired) electrons. The van der Waals surface area contributed by atoms with Crippen LogP contribution < -0.4 is 4.74 Å². The van der Waals surface area contributed by atoms with E-state index in [2.05, 4.69) is 20.8 Å². The summed E-state index contributed by atoms with van der Waals surface area (Å²) in [6, 6.07) is 14.5. The minimum atomic E-state index is -0.403. The number of hydrogen-bond donors (Lipinski definition) is 0. The van der Waals surface area contributed by atoms with Crippen LogP contribution in [0.5, 0.6) is 5.75 Å². The normalized spacial score (nSPS) is 16.0. The third-order valence-corrected chi connectivity index (χ3v) is 5.85. The lowest BCUT2D eigenvalue weighted by atomic mass is 9.87. The van der Waals surface area contributed by atoms with Gasteiger partial charge in [0.2, 0.25) is 0 Å². The Morgan fingerprint density at radius 3 is 2.18 bits per heavy atom. The van der Waals surface area contributed by atoms with Crippen LogP contribution in [0.1, 0.15) is 42.3 Å². The van der Waals surface area contributed by atoms with Gasteiger partial charge in [-0.2, -0.15) is 0 Å². The number of likely N-dealkylation sites (N-methyl/N-ethyl adjacent to an activating group) is 1. The van der Waals surface area contributed by atoms with Gasteiger partial charge in [0.25, 0.3) is 5.91 Å². The summed E-state index contributed by atoms with van der Waals surface area (Å²) in [6.07, 6.45) is 1.78. The van der Waals surface area contributed by atoms with Crippen LogP contribution >= 0.6 is 24.0 Å². The molecular weight excluding hydrogens is 390 g/mol. The number of carbonyl (C=O) groups excluding carboxylic acids is 2. The molecule has 0 saturated carbocycles. The highest BCUT2D eigenvalue weighted by Gasteiger charge is 2.28. The zero-order valence-electron chi connectivity index (χ0n) is 16.2. The summed E-state index contributed by atoms with van der Waals surface area (Å²) in [7, 11) is 1.66. The number of hydrogen-bond acceptors (Lipinski definition) is 5. The Hall–Kier alpha value is -2.44. The minimum absolute atomic E-state index is 0.0321. The van der Waals surface area contributed by atoms with Crippen LogP contribution in [0.2, 0.25) is 0 Å². The molecule has 2 aromatic rings. The van der Waals surface area contributed by atoms with Gasteiger partial charge in [0.05, 0.1) is 10.5 Å². The highest BCUT2D eigenvalue weighted by atomic mass is 32.2. The predicted molar refractivity (Wildman–Crippen MR) is 117 cm³/mol. The number of benzene rings is 2.